The monoisotopic (exact) mass is 342 g/mol. The summed E-state index contributed by atoms with van der Waals surface area (Å²) in [4.78, 5) is 27.3. The fourth-order valence-electron chi connectivity index (χ4n) is 2.98. The minimum atomic E-state index is -0.0108. The number of amides is 2. The lowest BCUT2D eigenvalue weighted by atomic mass is 9.99. The maximum absolute atomic E-state index is 12.2. The Labute approximate surface area is 146 Å². The fraction of sp³-hybridized carbons (Fsp3) is 0.368. The van der Waals surface area contributed by atoms with Crippen molar-refractivity contribution in [3.63, 3.8) is 0 Å². The molecule has 0 bridgehead atoms. The van der Waals surface area contributed by atoms with Crippen molar-refractivity contribution >= 4 is 34.5 Å². The van der Waals surface area contributed by atoms with E-state index in [1.54, 1.807) is 11.3 Å². The number of fused-ring (bicyclic) bond motifs is 1. The third-order valence-corrected chi connectivity index (χ3v) is 4.90. The molecule has 1 N–H and O–H groups in total. The molecular formula is C19H22N2O2S. The van der Waals surface area contributed by atoms with E-state index in [0.717, 1.165) is 34.8 Å². The molecule has 1 aromatic carbocycles. The molecule has 1 aromatic heterocycles. The summed E-state index contributed by atoms with van der Waals surface area (Å²) >= 11 is 1.59. The van der Waals surface area contributed by atoms with Crippen LogP contribution in [0.15, 0.2) is 35.7 Å². The van der Waals surface area contributed by atoms with Crippen molar-refractivity contribution in [2.75, 3.05) is 16.8 Å². The number of nitrogens with one attached hydrogen (secondary N) is 1. The van der Waals surface area contributed by atoms with Gasteiger partial charge in [0.1, 0.15) is 0 Å². The number of anilines is 2. The Bertz CT molecular complexity index is 738. The molecule has 0 spiro atoms. The van der Waals surface area contributed by atoms with Crippen molar-refractivity contribution in [1.82, 2.24) is 0 Å². The Morgan fingerprint density at radius 1 is 1.29 bits per heavy atom. The normalized spacial score (nSPS) is 14.0. The quantitative estimate of drug-likeness (QED) is 0.897. The third-order valence-electron chi connectivity index (χ3n) is 4.03. The van der Waals surface area contributed by atoms with Crippen LogP contribution in [0.25, 0.3) is 0 Å². The average Bonchev–Trinajstić information content (AvgIpc) is 3.02. The van der Waals surface area contributed by atoms with Gasteiger partial charge in [-0.1, -0.05) is 19.9 Å². The van der Waals surface area contributed by atoms with E-state index < -0.39 is 0 Å². The highest BCUT2D eigenvalue weighted by molar-refractivity contribution is 7.10. The lowest BCUT2D eigenvalue weighted by molar-refractivity contribution is -0.119. The molecule has 2 aromatic rings. The second-order valence-electron chi connectivity index (χ2n) is 6.55. The summed E-state index contributed by atoms with van der Waals surface area (Å²) in [6.45, 7) is 4.96. The number of nitrogens with zero attached hydrogens (tertiary/aromatic N) is 1. The Hall–Kier alpha value is -2.14. The van der Waals surface area contributed by atoms with Gasteiger partial charge >= 0.3 is 0 Å². The van der Waals surface area contributed by atoms with Crippen molar-refractivity contribution in [2.45, 2.75) is 33.1 Å². The van der Waals surface area contributed by atoms with Crippen molar-refractivity contribution in [3.8, 4) is 0 Å². The van der Waals surface area contributed by atoms with Crippen LogP contribution in [0.2, 0.25) is 0 Å². The lowest BCUT2D eigenvalue weighted by Crippen LogP contribution is -2.37. The zero-order valence-electron chi connectivity index (χ0n) is 14.0. The summed E-state index contributed by atoms with van der Waals surface area (Å²) in [5.74, 6) is 0.596. The van der Waals surface area contributed by atoms with Crippen molar-refractivity contribution in [2.24, 2.45) is 5.92 Å². The van der Waals surface area contributed by atoms with Crippen LogP contribution in [-0.4, -0.2) is 18.4 Å². The van der Waals surface area contributed by atoms with Gasteiger partial charge in [-0.15, -0.1) is 11.3 Å². The van der Waals surface area contributed by atoms with Gasteiger partial charge in [0, 0.05) is 29.2 Å². The van der Waals surface area contributed by atoms with Crippen LogP contribution in [0.3, 0.4) is 0 Å². The number of thiophene rings is 1. The van der Waals surface area contributed by atoms with E-state index in [0.29, 0.717) is 18.8 Å². The zero-order valence-corrected chi connectivity index (χ0v) is 14.9. The first-order valence-corrected chi connectivity index (χ1v) is 9.16. The van der Waals surface area contributed by atoms with Gasteiger partial charge < -0.3 is 10.2 Å². The molecule has 5 heteroatoms. The molecule has 2 heterocycles. The molecular weight excluding hydrogens is 320 g/mol. The van der Waals surface area contributed by atoms with Crippen molar-refractivity contribution in [1.29, 1.82) is 0 Å². The third kappa shape index (κ3) is 3.85. The van der Waals surface area contributed by atoms with Crippen LogP contribution in [-0.2, 0) is 22.4 Å². The molecule has 1 aliphatic rings. The van der Waals surface area contributed by atoms with E-state index in [1.807, 2.05) is 40.6 Å². The Morgan fingerprint density at radius 3 is 2.83 bits per heavy atom. The summed E-state index contributed by atoms with van der Waals surface area (Å²) < 4.78 is 0. The molecule has 24 heavy (non-hydrogen) atoms. The molecule has 0 atom stereocenters. The largest absolute Gasteiger partial charge is 0.326 e. The maximum Gasteiger partial charge on any atom is 0.229 e. The molecule has 2 amide bonds. The van der Waals surface area contributed by atoms with Crippen LogP contribution in [0.5, 0.6) is 0 Å². The zero-order chi connectivity index (χ0) is 17.1. The minimum Gasteiger partial charge on any atom is -0.326 e. The number of rotatable bonds is 5. The minimum absolute atomic E-state index is 0.0108. The second kappa shape index (κ2) is 7.18. The number of hydrogen-bond donors (Lipinski definition) is 1. The van der Waals surface area contributed by atoms with Crippen LogP contribution >= 0.6 is 11.3 Å². The molecule has 0 saturated heterocycles. The fourth-order valence-corrected chi connectivity index (χ4v) is 3.68. The van der Waals surface area contributed by atoms with E-state index in [1.165, 1.54) is 0 Å². The van der Waals surface area contributed by atoms with E-state index in [-0.39, 0.29) is 11.8 Å². The van der Waals surface area contributed by atoms with Crippen molar-refractivity contribution < 1.29 is 9.59 Å². The predicted octanol–water partition coefficient (Wildman–Crippen LogP) is 3.86. The molecule has 0 saturated carbocycles. The Morgan fingerprint density at radius 2 is 2.12 bits per heavy atom. The predicted molar refractivity (Wildman–Crippen MR) is 98.6 cm³/mol. The van der Waals surface area contributed by atoms with E-state index >= 15 is 0 Å². The summed E-state index contributed by atoms with van der Waals surface area (Å²) in [5, 5.41) is 4.94. The van der Waals surface area contributed by atoms with E-state index in [2.05, 4.69) is 19.2 Å². The van der Waals surface area contributed by atoms with Crippen LogP contribution in [0.4, 0.5) is 11.4 Å². The van der Waals surface area contributed by atoms with Crippen LogP contribution in [0, 0.1) is 5.92 Å². The summed E-state index contributed by atoms with van der Waals surface area (Å²) in [6.07, 6.45) is 1.66. The lowest BCUT2D eigenvalue weighted by Gasteiger charge is -2.31. The first-order chi connectivity index (χ1) is 11.5. The molecule has 0 aliphatic carbocycles. The van der Waals surface area contributed by atoms with Gasteiger partial charge in [-0.2, -0.15) is 0 Å². The standard InChI is InChI=1S/C19H22N2O2S/c1-13(2)12-21-17-7-6-15(10-14(17)5-8-19(21)23)20-18(22)11-16-4-3-9-24-16/h3-4,6-7,9-10,13H,5,8,11-12H2,1-2H3,(H,20,22). The topological polar surface area (TPSA) is 49.4 Å². The molecule has 0 unspecified atom stereocenters. The van der Waals surface area contributed by atoms with Crippen LogP contribution in [0.1, 0.15) is 30.7 Å². The SMILES string of the molecule is CC(C)CN1C(=O)CCc2cc(NC(=O)Cc3cccs3)ccc21. The molecule has 0 fully saturated rings. The second-order valence-corrected chi connectivity index (χ2v) is 7.58. The number of carbonyl (C=O) groups is 2. The maximum atomic E-state index is 12.2. The first-order valence-electron chi connectivity index (χ1n) is 8.28. The van der Waals surface area contributed by atoms with Gasteiger partial charge in [0.25, 0.3) is 0 Å². The highest BCUT2D eigenvalue weighted by atomic mass is 32.1. The molecule has 3 rings (SSSR count). The first kappa shape index (κ1) is 16.7. The molecule has 0 radical (unpaired) electrons. The summed E-state index contributed by atoms with van der Waals surface area (Å²) in [7, 11) is 0. The number of hydrogen-bond acceptors (Lipinski definition) is 3. The molecule has 1 aliphatic heterocycles. The Kier molecular flexibility index (Phi) is 5.00. The smallest absolute Gasteiger partial charge is 0.229 e. The number of benzene rings is 1. The van der Waals surface area contributed by atoms with Gasteiger partial charge in [-0.3, -0.25) is 9.59 Å². The number of carbonyl (C=O) groups excluding carboxylic acids is 2. The number of aryl methyl sites for hydroxylation is 1. The van der Waals surface area contributed by atoms with Gasteiger partial charge in [0.15, 0.2) is 0 Å². The van der Waals surface area contributed by atoms with Crippen LogP contribution < -0.4 is 10.2 Å². The molecule has 4 nitrogen and oxygen atoms in total. The highest BCUT2D eigenvalue weighted by Crippen LogP contribution is 2.31. The summed E-state index contributed by atoms with van der Waals surface area (Å²) in [6, 6.07) is 9.76. The van der Waals surface area contributed by atoms with E-state index in [9.17, 15) is 9.59 Å². The van der Waals surface area contributed by atoms with Gasteiger partial charge in [-0.25, -0.2) is 0 Å². The van der Waals surface area contributed by atoms with Gasteiger partial charge in [-0.05, 0) is 47.5 Å². The van der Waals surface area contributed by atoms with Gasteiger partial charge in [0.05, 0.1) is 6.42 Å². The van der Waals surface area contributed by atoms with E-state index in [4.69, 9.17) is 0 Å². The van der Waals surface area contributed by atoms with Crippen molar-refractivity contribution in [3.05, 3.63) is 46.2 Å². The molecule has 126 valence electrons. The Balaban J connectivity index is 1.73. The summed E-state index contributed by atoms with van der Waals surface area (Å²) in [5.41, 5.74) is 2.91. The average molecular weight is 342 g/mol. The van der Waals surface area contributed by atoms with Gasteiger partial charge in [0.2, 0.25) is 11.8 Å². The highest BCUT2D eigenvalue weighted by Gasteiger charge is 2.24.